The fraction of sp³-hybridized carbons (Fsp3) is 1.00. The van der Waals surface area contributed by atoms with E-state index in [-0.39, 0.29) is 0 Å². The van der Waals surface area contributed by atoms with Gasteiger partial charge in [-0.2, -0.15) is 0 Å². The Morgan fingerprint density at radius 1 is 1.17 bits per heavy atom. The number of aliphatic hydroxyl groups is 1. The van der Waals surface area contributed by atoms with Crippen LogP contribution in [0.15, 0.2) is 0 Å². The summed E-state index contributed by atoms with van der Waals surface area (Å²) in [6.45, 7) is 7.23. The van der Waals surface area contributed by atoms with Crippen molar-refractivity contribution in [1.82, 2.24) is 0 Å². The molecule has 0 aromatic heterocycles. The zero-order valence-corrected chi connectivity index (χ0v) is 8.84. The smallest absolute Gasteiger partial charge is 0.117 e. The number of rotatable bonds is 7. The molecule has 0 spiro atoms. The molecule has 0 aliphatic carbocycles. The van der Waals surface area contributed by atoms with E-state index < -0.39 is 0 Å². The highest BCUT2D eigenvalue weighted by Gasteiger charge is 2.10. The summed E-state index contributed by atoms with van der Waals surface area (Å²) in [5, 5.41) is 8.67. The minimum Gasteiger partial charge on any atom is -0.396 e. The minimum atomic E-state index is 0.352. The quantitative estimate of drug-likeness (QED) is 0.581. The van der Waals surface area contributed by atoms with Crippen LogP contribution in [-0.2, 0) is 0 Å². The molecule has 2 heteroatoms. The van der Waals surface area contributed by atoms with Gasteiger partial charge in [-0.1, -0.05) is 33.4 Å². The highest BCUT2D eigenvalue weighted by atomic mass is 16.2. The van der Waals surface area contributed by atoms with Gasteiger partial charge < -0.3 is 5.11 Å². The molecular formula is C10H23BO. The van der Waals surface area contributed by atoms with Crippen molar-refractivity contribution in [2.24, 2.45) is 11.8 Å². The van der Waals surface area contributed by atoms with E-state index in [1.807, 2.05) is 0 Å². The molecule has 0 aromatic rings. The summed E-state index contributed by atoms with van der Waals surface area (Å²) in [4.78, 5) is 0. The molecule has 0 aliphatic rings. The predicted molar refractivity (Wildman–Crippen MR) is 57.1 cm³/mol. The standard InChI is InChI=1S/C10H23BO/c1-9(5-4-8-12)10(2)6-7-11-3/h9-12H,4-8H2,1-3H3. The fourth-order valence-electron chi connectivity index (χ4n) is 1.51. The summed E-state index contributed by atoms with van der Waals surface area (Å²) in [6, 6.07) is 0. The lowest BCUT2D eigenvalue weighted by Gasteiger charge is -2.18. The van der Waals surface area contributed by atoms with Gasteiger partial charge in [0.05, 0.1) is 0 Å². The van der Waals surface area contributed by atoms with Crippen molar-refractivity contribution in [3.63, 3.8) is 0 Å². The first-order chi connectivity index (χ1) is 5.72. The van der Waals surface area contributed by atoms with Crippen molar-refractivity contribution < 1.29 is 5.11 Å². The third-order valence-electron chi connectivity index (χ3n) is 2.80. The normalized spacial score (nSPS) is 15.7. The molecule has 0 heterocycles. The third kappa shape index (κ3) is 5.65. The first-order valence-corrected chi connectivity index (χ1v) is 5.33. The number of aliphatic hydroxyl groups excluding tert-OH is 1. The summed E-state index contributed by atoms with van der Waals surface area (Å²) < 4.78 is 0. The average Bonchev–Trinajstić information content (AvgIpc) is 2.10. The topological polar surface area (TPSA) is 20.2 Å². The Kier molecular flexibility index (Phi) is 7.68. The van der Waals surface area contributed by atoms with E-state index in [1.54, 1.807) is 0 Å². The monoisotopic (exact) mass is 170 g/mol. The lowest BCUT2D eigenvalue weighted by Crippen LogP contribution is -2.09. The molecule has 0 aromatic carbocycles. The van der Waals surface area contributed by atoms with Gasteiger partial charge in [0.2, 0.25) is 0 Å². The van der Waals surface area contributed by atoms with Crippen LogP contribution < -0.4 is 0 Å². The summed E-state index contributed by atoms with van der Waals surface area (Å²) in [5.74, 6) is 1.61. The van der Waals surface area contributed by atoms with E-state index in [0.717, 1.165) is 18.3 Å². The van der Waals surface area contributed by atoms with E-state index in [9.17, 15) is 0 Å². The minimum absolute atomic E-state index is 0.352. The second-order valence-electron chi connectivity index (χ2n) is 3.96. The number of hydrogen-bond acceptors (Lipinski definition) is 1. The molecule has 2 atom stereocenters. The molecule has 0 aliphatic heterocycles. The maximum absolute atomic E-state index is 8.67. The fourth-order valence-corrected chi connectivity index (χ4v) is 1.51. The van der Waals surface area contributed by atoms with Gasteiger partial charge in [0.1, 0.15) is 7.28 Å². The largest absolute Gasteiger partial charge is 0.396 e. The Morgan fingerprint density at radius 2 is 1.75 bits per heavy atom. The molecule has 0 fully saturated rings. The Labute approximate surface area is 77.8 Å². The molecule has 2 unspecified atom stereocenters. The van der Waals surface area contributed by atoms with Gasteiger partial charge in [0.25, 0.3) is 0 Å². The van der Waals surface area contributed by atoms with Gasteiger partial charge in [-0.25, -0.2) is 0 Å². The van der Waals surface area contributed by atoms with Gasteiger partial charge in [-0.05, 0) is 24.7 Å². The molecule has 12 heavy (non-hydrogen) atoms. The lowest BCUT2D eigenvalue weighted by atomic mass is 9.73. The average molecular weight is 170 g/mol. The van der Waals surface area contributed by atoms with E-state index >= 15 is 0 Å². The van der Waals surface area contributed by atoms with Crippen LogP contribution in [0.25, 0.3) is 0 Å². The van der Waals surface area contributed by atoms with Crippen molar-refractivity contribution in [3.05, 3.63) is 0 Å². The molecule has 0 bridgehead atoms. The molecule has 0 saturated carbocycles. The molecular weight excluding hydrogens is 147 g/mol. The highest BCUT2D eigenvalue weighted by molar-refractivity contribution is 6.33. The first-order valence-electron chi connectivity index (χ1n) is 5.33. The van der Waals surface area contributed by atoms with Gasteiger partial charge in [0.15, 0.2) is 0 Å². The zero-order chi connectivity index (χ0) is 9.40. The van der Waals surface area contributed by atoms with Gasteiger partial charge in [-0.3, -0.25) is 0 Å². The van der Waals surface area contributed by atoms with Gasteiger partial charge in [0, 0.05) is 6.61 Å². The van der Waals surface area contributed by atoms with Crippen LogP contribution >= 0.6 is 0 Å². The summed E-state index contributed by atoms with van der Waals surface area (Å²) in [5.41, 5.74) is 0. The Bertz CT molecular complexity index is 83.8. The van der Waals surface area contributed by atoms with Crippen LogP contribution in [0.1, 0.15) is 33.1 Å². The van der Waals surface area contributed by atoms with E-state index in [1.165, 1.54) is 26.4 Å². The maximum Gasteiger partial charge on any atom is 0.117 e. The number of hydrogen-bond donors (Lipinski definition) is 1. The zero-order valence-electron chi connectivity index (χ0n) is 8.84. The van der Waals surface area contributed by atoms with E-state index in [2.05, 4.69) is 20.7 Å². The van der Waals surface area contributed by atoms with Crippen molar-refractivity contribution >= 4 is 7.28 Å². The Morgan fingerprint density at radius 3 is 2.25 bits per heavy atom. The van der Waals surface area contributed by atoms with Crippen molar-refractivity contribution in [1.29, 1.82) is 0 Å². The molecule has 0 amide bonds. The van der Waals surface area contributed by atoms with E-state index in [4.69, 9.17) is 5.11 Å². The predicted octanol–water partition coefficient (Wildman–Crippen LogP) is 2.32. The molecule has 0 radical (unpaired) electrons. The third-order valence-corrected chi connectivity index (χ3v) is 2.80. The molecule has 72 valence electrons. The first kappa shape index (κ1) is 12.0. The van der Waals surface area contributed by atoms with Crippen LogP contribution in [0.4, 0.5) is 0 Å². The van der Waals surface area contributed by atoms with Gasteiger partial charge >= 0.3 is 0 Å². The second-order valence-corrected chi connectivity index (χ2v) is 3.96. The molecule has 1 N–H and O–H groups in total. The molecule has 1 nitrogen and oxygen atoms in total. The van der Waals surface area contributed by atoms with Gasteiger partial charge in [-0.15, -0.1) is 0 Å². The SMILES string of the molecule is CBCCC(C)C(C)CCCO. The van der Waals surface area contributed by atoms with Crippen molar-refractivity contribution in [2.75, 3.05) is 6.61 Å². The summed E-state index contributed by atoms with van der Waals surface area (Å²) >= 11 is 0. The van der Waals surface area contributed by atoms with E-state index in [0.29, 0.717) is 6.61 Å². The Hall–Kier alpha value is 0.0249. The highest BCUT2D eigenvalue weighted by Crippen LogP contribution is 2.21. The molecule has 0 saturated heterocycles. The van der Waals surface area contributed by atoms with Crippen molar-refractivity contribution in [2.45, 2.75) is 46.3 Å². The van der Waals surface area contributed by atoms with Crippen LogP contribution in [0, 0.1) is 11.8 Å². The van der Waals surface area contributed by atoms with Crippen LogP contribution in [0.3, 0.4) is 0 Å². The van der Waals surface area contributed by atoms with Crippen LogP contribution in [-0.4, -0.2) is 19.0 Å². The van der Waals surface area contributed by atoms with Crippen LogP contribution in [0.2, 0.25) is 13.1 Å². The Balaban J connectivity index is 3.39. The summed E-state index contributed by atoms with van der Waals surface area (Å²) in [7, 11) is 1.30. The lowest BCUT2D eigenvalue weighted by molar-refractivity contribution is 0.256. The summed E-state index contributed by atoms with van der Waals surface area (Å²) in [6.07, 6.45) is 4.85. The van der Waals surface area contributed by atoms with Crippen LogP contribution in [0.5, 0.6) is 0 Å². The molecule has 0 rings (SSSR count). The second kappa shape index (κ2) is 7.66. The maximum atomic E-state index is 8.67. The van der Waals surface area contributed by atoms with Crippen molar-refractivity contribution in [3.8, 4) is 0 Å².